The lowest BCUT2D eigenvalue weighted by Crippen LogP contribution is -2.37. The third kappa shape index (κ3) is 5.53. The second-order valence-electron chi connectivity index (χ2n) is 7.98. The molecule has 7 nitrogen and oxygen atoms in total. The summed E-state index contributed by atoms with van der Waals surface area (Å²) in [6.45, 7) is 4.50. The Bertz CT molecular complexity index is 1240. The van der Waals surface area contributed by atoms with Gasteiger partial charge in [0.15, 0.2) is 11.5 Å². The number of sulfonamides is 1. The molecule has 1 aliphatic heterocycles. The lowest BCUT2D eigenvalue weighted by atomic mass is 10.1. The number of nitrogens with one attached hydrogen (secondary N) is 1. The molecule has 0 spiro atoms. The fourth-order valence-electron chi connectivity index (χ4n) is 3.46. The zero-order valence-electron chi connectivity index (χ0n) is 18.6. The van der Waals surface area contributed by atoms with Crippen molar-refractivity contribution in [2.24, 2.45) is 0 Å². The van der Waals surface area contributed by atoms with E-state index in [1.54, 1.807) is 42.5 Å². The van der Waals surface area contributed by atoms with E-state index in [1.807, 2.05) is 38.1 Å². The van der Waals surface area contributed by atoms with Gasteiger partial charge in [-0.25, -0.2) is 8.42 Å². The minimum Gasteiger partial charge on any atom is -0.486 e. The summed E-state index contributed by atoms with van der Waals surface area (Å²) in [4.78, 5) is 13.0. The third-order valence-electron chi connectivity index (χ3n) is 5.28. The summed E-state index contributed by atoms with van der Waals surface area (Å²) >= 11 is 0. The van der Waals surface area contributed by atoms with E-state index in [9.17, 15) is 13.2 Å². The van der Waals surface area contributed by atoms with Crippen LogP contribution in [0.15, 0.2) is 71.6 Å². The Balaban J connectivity index is 1.56. The molecule has 172 valence electrons. The van der Waals surface area contributed by atoms with Gasteiger partial charge < -0.3 is 14.8 Å². The number of ether oxygens (including phenoxy) is 2. The van der Waals surface area contributed by atoms with Crippen LogP contribution in [0.2, 0.25) is 0 Å². The molecule has 8 heteroatoms. The topological polar surface area (TPSA) is 84.9 Å². The quantitative estimate of drug-likeness (QED) is 0.571. The Labute approximate surface area is 194 Å². The Kier molecular flexibility index (Phi) is 6.67. The van der Waals surface area contributed by atoms with Crippen LogP contribution in [0.25, 0.3) is 0 Å². The fourth-order valence-corrected chi connectivity index (χ4v) is 4.85. The minimum atomic E-state index is -3.90. The number of anilines is 1. The van der Waals surface area contributed by atoms with Crippen molar-refractivity contribution in [1.29, 1.82) is 0 Å². The van der Waals surface area contributed by atoms with Crippen molar-refractivity contribution in [2.45, 2.75) is 25.3 Å². The van der Waals surface area contributed by atoms with Crippen molar-refractivity contribution in [2.75, 3.05) is 25.1 Å². The Hall–Kier alpha value is -3.36. The smallest absolute Gasteiger partial charge is 0.243 e. The van der Waals surface area contributed by atoms with E-state index in [-0.39, 0.29) is 18.0 Å². The molecule has 0 unspecified atom stereocenters. The highest BCUT2D eigenvalue weighted by atomic mass is 32.2. The van der Waals surface area contributed by atoms with Crippen LogP contribution < -0.4 is 14.8 Å². The molecule has 0 bridgehead atoms. The van der Waals surface area contributed by atoms with Gasteiger partial charge in [-0.2, -0.15) is 4.31 Å². The lowest BCUT2D eigenvalue weighted by Gasteiger charge is -2.23. The summed E-state index contributed by atoms with van der Waals surface area (Å²) in [5.74, 6) is 0.708. The summed E-state index contributed by atoms with van der Waals surface area (Å²) in [6, 6.07) is 19.3. The van der Waals surface area contributed by atoms with E-state index in [4.69, 9.17) is 9.47 Å². The molecule has 0 atom stereocenters. The maximum Gasteiger partial charge on any atom is 0.243 e. The Morgan fingerprint density at radius 2 is 1.48 bits per heavy atom. The van der Waals surface area contributed by atoms with Gasteiger partial charge in [0.2, 0.25) is 15.9 Å². The normalized spacial score (nSPS) is 13.1. The first-order valence-corrected chi connectivity index (χ1v) is 12.1. The summed E-state index contributed by atoms with van der Waals surface area (Å²) < 4.78 is 39.1. The number of hydrogen-bond donors (Lipinski definition) is 1. The van der Waals surface area contributed by atoms with Crippen LogP contribution in [0.3, 0.4) is 0 Å². The maximum atomic E-state index is 13.4. The molecule has 1 aliphatic rings. The molecule has 0 saturated heterocycles. The number of carbonyl (C=O) groups excluding carboxylic acids is 1. The van der Waals surface area contributed by atoms with E-state index in [2.05, 4.69) is 5.32 Å². The zero-order valence-corrected chi connectivity index (χ0v) is 19.4. The van der Waals surface area contributed by atoms with Crippen LogP contribution in [0.5, 0.6) is 11.5 Å². The number of amides is 1. The van der Waals surface area contributed by atoms with Crippen molar-refractivity contribution in [1.82, 2.24) is 4.31 Å². The number of rotatable bonds is 7. The highest BCUT2D eigenvalue weighted by molar-refractivity contribution is 7.89. The van der Waals surface area contributed by atoms with E-state index < -0.39 is 15.9 Å². The van der Waals surface area contributed by atoms with Crippen molar-refractivity contribution >= 4 is 21.6 Å². The van der Waals surface area contributed by atoms with Crippen LogP contribution in [-0.4, -0.2) is 38.4 Å². The molecule has 1 amide bonds. The molecule has 0 radical (unpaired) electrons. The predicted octanol–water partition coefficient (Wildman–Crippen LogP) is 3.90. The first kappa shape index (κ1) is 22.8. The van der Waals surface area contributed by atoms with Crippen molar-refractivity contribution in [3.63, 3.8) is 0 Å². The number of hydrogen-bond acceptors (Lipinski definition) is 5. The number of nitrogens with zero attached hydrogens (tertiary/aromatic N) is 1. The molecule has 33 heavy (non-hydrogen) atoms. The van der Waals surface area contributed by atoms with Gasteiger partial charge in [0, 0.05) is 18.3 Å². The zero-order chi connectivity index (χ0) is 23.4. The summed E-state index contributed by atoms with van der Waals surface area (Å²) in [5.41, 5.74) is 3.33. The fraction of sp³-hybridized carbons (Fsp3) is 0.240. The SMILES string of the molecule is Cc1ccc(CN(CC(=O)Nc2ccc3c(c2)OCCO3)S(=O)(=O)c2ccc(C)cc2)cc1. The molecule has 0 aromatic heterocycles. The minimum absolute atomic E-state index is 0.0745. The first-order chi connectivity index (χ1) is 15.8. The molecular weight excluding hydrogens is 440 g/mol. The van der Waals surface area contributed by atoms with Gasteiger partial charge in [-0.05, 0) is 43.7 Å². The molecule has 0 fully saturated rings. The number of aryl methyl sites for hydroxylation is 2. The van der Waals surface area contributed by atoms with Crippen molar-refractivity contribution < 1.29 is 22.7 Å². The van der Waals surface area contributed by atoms with Crippen LogP contribution >= 0.6 is 0 Å². The van der Waals surface area contributed by atoms with E-state index >= 15 is 0 Å². The van der Waals surface area contributed by atoms with Crippen molar-refractivity contribution in [3.05, 3.63) is 83.4 Å². The Morgan fingerprint density at radius 3 is 2.15 bits per heavy atom. The van der Waals surface area contributed by atoms with Crippen LogP contribution in [0, 0.1) is 13.8 Å². The van der Waals surface area contributed by atoms with Crippen LogP contribution in [0.4, 0.5) is 5.69 Å². The first-order valence-electron chi connectivity index (χ1n) is 10.6. The van der Waals surface area contributed by atoms with Gasteiger partial charge in [-0.15, -0.1) is 0 Å². The highest BCUT2D eigenvalue weighted by Gasteiger charge is 2.27. The summed E-state index contributed by atoms with van der Waals surface area (Å²) in [5, 5.41) is 2.77. The van der Waals surface area contributed by atoms with Gasteiger partial charge >= 0.3 is 0 Å². The number of fused-ring (bicyclic) bond motifs is 1. The second kappa shape index (κ2) is 9.64. The van der Waals surface area contributed by atoms with Gasteiger partial charge in [0.1, 0.15) is 13.2 Å². The molecule has 0 aliphatic carbocycles. The highest BCUT2D eigenvalue weighted by Crippen LogP contribution is 2.32. The molecule has 4 rings (SSSR count). The van der Waals surface area contributed by atoms with Gasteiger partial charge in [-0.1, -0.05) is 47.5 Å². The number of carbonyl (C=O) groups is 1. The van der Waals surface area contributed by atoms with Gasteiger partial charge in [0.25, 0.3) is 0 Å². The monoisotopic (exact) mass is 466 g/mol. The van der Waals surface area contributed by atoms with Crippen LogP contribution in [0.1, 0.15) is 16.7 Å². The third-order valence-corrected chi connectivity index (χ3v) is 7.09. The Morgan fingerprint density at radius 1 is 0.879 bits per heavy atom. The summed E-state index contributed by atoms with van der Waals surface area (Å²) in [6.07, 6.45) is 0. The average molecular weight is 467 g/mol. The van der Waals surface area contributed by atoms with Gasteiger partial charge in [-0.3, -0.25) is 4.79 Å². The lowest BCUT2D eigenvalue weighted by molar-refractivity contribution is -0.116. The molecule has 1 heterocycles. The molecule has 0 saturated carbocycles. The molecule has 1 N–H and O–H groups in total. The summed E-state index contributed by atoms with van der Waals surface area (Å²) in [7, 11) is -3.90. The molecular formula is C25H26N2O5S. The van der Waals surface area contributed by atoms with Gasteiger partial charge in [0.05, 0.1) is 11.4 Å². The maximum absolute atomic E-state index is 13.4. The molecule has 3 aromatic rings. The number of benzene rings is 3. The van der Waals surface area contributed by atoms with Crippen LogP contribution in [-0.2, 0) is 21.4 Å². The van der Waals surface area contributed by atoms with E-state index in [1.165, 1.54) is 4.31 Å². The second-order valence-corrected chi connectivity index (χ2v) is 9.92. The standard InChI is InChI=1S/C25H26N2O5S/c1-18-3-7-20(8-4-18)16-27(33(29,30)22-10-5-19(2)6-11-22)17-25(28)26-21-9-12-23-24(15-21)32-14-13-31-23/h3-12,15H,13-14,16-17H2,1-2H3,(H,26,28). The predicted molar refractivity (Wildman–Crippen MR) is 126 cm³/mol. The average Bonchev–Trinajstić information content (AvgIpc) is 2.80. The largest absolute Gasteiger partial charge is 0.486 e. The molecule has 3 aromatic carbocycles. The van der Waals surface area contributed by atoms with Crippen molar-refractivity contribution in [3.8, 4) is 11.5 Å². The van der Waals surface area contributed by atoms with E-state index in [0.717, 1.165) is 16.7 Å². The van der Waals surface area contributed by atoms with E-state index in [0.29, 0.717) is 30.4 Å².